The predicted octanol–water partition coefficient (Wildman–Crippen LogP) is 1.59. The topological polar surface area (TPSA) is 69.7 Å². The van der Waals surface area contributed by atoms with E-state index in [1.54, 1.807) is 0 Å². The summed E-state index contributed by atoms with van der Waals surface area (Å²) >= 11 is 0. The summed E-state index contributed by atoms with van der Waals surface area (Å²) < 4.78 is 10.3. The third-order valence-electron chi connectivity index (χ3n) is 4.82. The number of rotatable bonds is 4. The van der Waals surface area contributed by atoms with Gasteiger partial charge in [-0.3, -0.25) is 9.59 Å². The molecule has 1 aliphatic heterocycles. The molecule has 0 aromatic rings. The zero-order valence-corrected chi connectivity index (χ0v) is 12.2. The lowest BCUT2D eigenvalue weighted by Crippen LogP contribution is -2.42. The van der Waals surface area contributed by atoms with Crippen LogP contribution in [-0.4, -0.2) is 30.9 Å². The van der Waals surface area contributed by atoms with Gasteiger partial charge in [0, 0.05) is 18.8 Å². The van der Waals surface area contributed by atoms with Gasteiger partial charge in [0.2, 0.25) is 0 Å². The van der Waals surface area contributed by atoms with Crippen molar-refractivity contribution in [2.24, 2.45) is 29.6 Å². The normalized spacial score (nSPS) is 39.9. The van der Waals surface area contributed by atoms with Crippen LogP contribution in [0.5, 0.6) is 0 Å². The number of esters is 2. The van der Waals surface area contributed by atoms with Crippen molar-refractivity contribution in [1.29, 1.82) is 0 Å². The second-order valence-electron chi connectivity index (χ2n) is 6.04. The number of hydrogen-bond donors (Lipinski definition) is 0. The quantitative estimate of drug-likeness (QED) is 0.578. The van der Waals surface area contributed by atoms with E-state index in [-0.39, 0.29) is 47.6 Å². The third-order valence-corrected chi connectivity index (χ3v) is 4.82. The summed E-state index contributed by atoms with van der Waals surface area (Å²) in [7, 11) is 0. The van der Waals surface area contributed by atoms with Crippen LogP contribution in [0.25, 0.3) is 0 Å². The second kappa shape index (κ2) is 5.94. The monoisotopic (exact) mass is 282 g/mol. The molecule has 5 heteroatoms. The van der Waals surface area contributed by atoms with Crippen molar-refractivity contribution in [2.75, 3.05) is 6.61 Å². The fourth-order valence-corrected chi connectivity index (χ4v) is 3.92. The standard InChI is InChI=1S/C15H22O5/c1-8-6-12-14(9(2)20-15(12)18)13(7-16)11(8)4-5-19-10(3)17/h7-9,11-14H,4-6H2,1-3H3. The van der Waals surface area contributed by atoms with Crippen LogP contribution >= 0.6 is 0 Å². The van der Waals surface area contributed by atoms with E-state index in [4.69, 9.17) is 9.47 Å². The van der Waals surface area contributed by atoms with Crippen molar-refractivity contribution in [3.8, 4) is 0 Å². The van der Waals surface area contributed by atoms with Crippen LogP contribution in [-0.2, 0) is 23.9 Å². The van der Waals surface area contributed by atoms with Gasteiger partial charge in [-0.1, -0.05) is 6.92 Å². The zero-order chi connectivity index (χ0) is 14.9. The van der Waals surface area contributed by atoms with Crippen LogP contribution in [0.3, 0.4) is 0 Å². The Morgan fingerprint density at radius 2 is 2.15 bits per heavy atom. The fraction of sp³-hybridized carbons (Fsp3) is 0.800. The van der Waals surface area contributed by atoms with Gasteiger partial charge in [-0.05, 0) is 31.6 Å². The van der Waals surface area contributed by atoms with E-state index in [1.165, 1.54) is 6.92 Å². The van der Waals surface area contributed by atoms with Crippen molar-refractivity contribution < 1.29 is 23.9 Å². The van der Waals surface area contributed by atoms with Crippen LogP contribution < -0.4 is 0 Å². The van der Waals surface area contributed by atoms with Crippen LogP contribution in [0, 0.1) is 29.6 Å². The number of ether oxygens (including phenoxy) is 2. The molecule has 0 amide bonds. The molecule has 2 aliphatic rings. The van der Waals surface area contributed by atoms with Crippen molar-refractivity contribution in [3.05, 3.63) is 0 Å². The van der Waals surface area contributed by atoms with Gasteiger partial charge in [0.1, 0.15) is 12.4 Å². The lowest BCUT2D eigenvalue weighted by atomic mass is 9.61. The molecule has 0 bridgehead atoms. The molecule has 0 aromatic heterocycles. The summed E-state index contributed by atoms with van der Waals surface area (Å²) in [5.74, 6) is -0.453. The number of carbonyl (C=O) groups is 3. The number of cyclic esters (lactones) is 1. The third kappa shape index (κ3) is 2.72. The Morgan fingerprint density at radius 3 is 2.75 bits per heavy atom. The van der Waals surface area contributed by atoms with Crippen molar-refractivity contribution in [3.63, 3.8) is 0 Å². The number of fused-ring (bicyclic) bond motifs is 1. The molecule has 1 aliphatic carbocycles. The van der Waals surface area contributed by atoms with Crippen molar-refractivity contribution in [2.45, 2.75) is 39.7 Å². The maximum Gasteiger partial charge on any atom is 0.309 e. The van der Waals surface area contributed by atoms with Gasteiger partial charge in [-0.2, -0.15) is 0 Å². The molecule has 6 unspecified atom stereocenters. The Labute approximate surface area is 119 Å². The zero-order valence-electron chi connectivity index (χ0n) is 12.2. The van der Waals surface area contributed by atoms with E-state index in [0.717, 1.165) is 12.7 Å². The van der Waals surface area contributed by atoms with Crippen molar-refractivity contribution in [1.82, 2.24) is 0 Å². The number of hydrogen-bond acceptors (Lipinski definition) is 5. The summed E-state index contributed by atoms with van der Waals surface area (Å²) in [5, 5.41) is 0. The summed E-state index contributed by atoms with van der Waals surface area (Å²) in [6, 6.07) is 0. The first-order valence-corrected chi connectivity index (χ1v) is 7.24. The first-order chi connectivity index (χ1) is 9.45. The SMILES string of the molecule is CC(=O)OCCC1C(C)CC2C(=O)OC(C)C2C1C=O. The van der Waals surface area contributed by atoms with Gasteiger partial charge < -0.3 is 14.3 Å². The summed E-state index contributed by atoms with van der Waals surface area (Å²) in [4.78, 5) is 34.2. The largest absolute Gasteiger partial charge is 0.466 e. The van der Waals surface area contributed by atoms with E-state index in [1.807, 2.05) is 6.92 Å². The minimum atomic E-state index is -0.304. The summed E-state index contributed by atoms with van der Waals surface area (Å²) in [6.07, 6.45) is 2.17. The minimum Gasteiger partial charge on any atom is -0.466 e. The first-order valence-electron chi connectivity index (χ1n) is 7.24. The van der Waals surface area contributed by atoms with Gasteiger partial charge in [-0.15, -0.1) is 0 Å². The second-order valence-corrected chi connectivity index (χ2v) is 6.04. The molecule has 0 aromatic carbocycles. The van der Waals surface area contributed by atoms with Gasteiger partial charge in [0.15, 0.2) is 0 Å². The van der Waals surface area contributed by atoms with Crippen LogP contribution in [0.2, 0.25) is 0 Å². The molecule has 0 radical (unpaired) electrons. The molecule has 2 fully saturated rings. The van der Waals surface area contributed by atoms with Gasteiger partial charge in [0.05, 0.1) is 12.5 Å². The Bertz CT molecular complexity index is 405. The highest BCUT2D eigenvalue weighted by Gasteiger charge is 2.53. The number of carbonyl (C=O) groups excluding carboxylic acids is 3. The van der Waals surface area contributed by atoms with E-state index >= 15 is 0 Å². The molecule has 112 valence electrons. The molecule has 0 N–H and O–H groups in total. The van der Waals surface area contributed by atoms with Crippen LogP contribution in [0.15, 0.2) is 0 Å². The summed E-state index contributed by atoms with van der Waals surface area (Å²) in [5.41, 5.74) is 0. The van der Waals surface area contributed by atoms with Crippen LogP contribution in [0.4, 0.5) is 0 Å². The Morgan fingerprint density at radius 1 is 1.45 bits per heavy atom. The highest BCUT2D eigenvalue weighted by molar-refractivity contribution is 5.76. The van der Waals surface area contributed by atoms with Crippen LogP contribution in [0.1, 0.15) is 33.6 Å². The number of aldehydes is 1. The highest BCUT2D eigenvalue weighted by atomic mass is 16.6. The molecule has 5 nitrogen and oxygen atoms in total. The molecule has 20 heavy (non-hydrogen) atoms. The Hall–Kier alpha value is -1.39. The molecule has 1 saturated carbocycles. The van der Waals surface area contributed by atoms with E-state index in [2.05, 4.69) is 6.92 Å². The molecular weight excluding hydrogens is 260 g/mol. The lowest BCUT2D eigenvalue weighted by Gasteiger charge is -2.40. The average molecular weight is 282 g/mol. The highest BCUT2D eigenvalue weighted by Crippen LogP contribution is 2.48. The molecule has 1 heterocycles. The predicted molar refractivity (Wildman–Crippen MR) is 70.6 cm³/mol. The molecule has 6 atom stereocenters. The molecule has 1 saturated heterocycles. The average Bonchev–Trinajstić information content (AvgIpc) is 2.65. The van der Waals surface area contributed by atoms with Gasteiger partial charge >= 0.3 is 11.9 Å². The lowest BCUT2D eigenvalue weighted by molar-refractivity contribution is -0.144. The first kappa shape index (κ1) is 15.0. The maximum absolute atomic E-state index is 11.8. The molecule has 2 rings (SSSR count). The van der Waals surface area contributed by atoms with E-state index < -0.39 is 0 Å². The Balaban J connectivity index is 2.10. The summed E-state index contributed by atoms with van der Waals surface area (Å²) in [6.45, 7) is 5.62. The molecule has 0 spiro atoms. The minimum absolute atomic E-state index is 0.0291. The van der Waals surface area contributed by atoms with E-state index in [0.29, 0.717) is 13.0 Å². The molecular formula is C15H22O5. The smallest absolute Gasteiger partial charge is 0.309 e. The van der Waals surface area contributed by atoms with Crippen molar-refractivity contribution >= 4 is 18.2 Å². The maximum atomic E-state index is 11.8. The van der Waals surface area contributed by atoms with Gasteiger partial charge in [-0.25, -0.2) is 0 Å². The van der Waals surface area contributed by atoms with E-state index in [9.17, 15) is 14.4 Å². The Kier molecular flexibility index (Phi) is 4.45. The van der Waals surface area contributed by atoms with Gasteiger partial charge in [0.25, 0.3) is 0 Å². The fourth-order valence-electron chi connectivity index (χ4n) is 3.92.